The van der Waals surface area contributed by atoms with Crippen LogP contribution < -0.4 is 5.11 Å². The molecule has 0 radical (unpaired) electrons. The molecule has 0 fully saturated rings. The van der Waals surface area contributed by atoms with Gasteiger partial charge in [-0.1, -0.05) is 104 Å². The van der Waals surface area contributed by atoms with Crippen molar-refractivity contribution in [3.05, 3.63) is 12.2 Å². The Kier molecular flexibility index (Phi) is 23.5. The highest BCUT2D eigenvalue weighted by atomic mass is 16.4. The van der Waals surface area contributed by atoms with Crippen molar-refractivity contribution >= 4 is 17.9 Å². The van der Waals surface area contributed by atoms with Crippen molar-refractivity contribution in [3.63, 3.8) is 0 Å². The number of hydrogen-bond acceptors (Lipinski definition) is 4. The number of carbonyl (C=O) groups excluding carboxylic acids is 1. The number of hydrogen-bond donors (Lipinski definition) is 2. The maximum atomic E-state index is 12.5. The second-order valence-electron chi connectivity index (χ2n) is 11.9. The highest BCUT2D eigenvalue weighted by molar-refractivity contribution is 5.77. The molecular formula is C34H63NO6. The molecule has 0 heterocycles. The van der Waals surface area contributed by atoms with Crippen LogP contribution in [0.1, 0.15) is 163 Å². The van der Waals surface area contributed by atoms with Gasteiger partial charge in [0.1, 0.15) is 6.04 Å². The topological polar surface area (TPSA) is 115 Å². The zero-order valence-electron chi connectivity index (χ0n) is 26.9. The van der Waals surface area contributed by atoms with Gasteiger partial charge in [0.15, 0.2) is 12.1 Å². The fraction of sp³-hybridized carbons (Fsp3) is 0.853. The maximum absolute atomic E-state index is 12.5. The molecule has 240 valence electrons. The van der Waals surface area contributed by atoms with E-state index in [9.17, 15) is 29.7 Å². The van der Waals surface area contributed by atoms with Gasteiger partial charge in [-0.15, -0.1) is 0 Å². The second-order valence-corrected chi connectivity index (χ2v) is 11.9. The SMILES string of the molecule is CCCCCCCCCCCC/C=C/CCCCC[N+](C(CCC)C(=O)[O-])(C(CCC)C(=O)O)C(CCC)C(=O)O. The molecule has 7 heteroatoms. The number of nitrogens with zero attached hydrogens (tertiary/aromatic N) is 1. The van der Waals surface area contributed by atoms with Crippen molar-refractivity contribution in [2.45, 2.75) is 181 Å². The molecule has 0 aromatic rings. The number of carboxylic acids is 3. The second kappa shape index (κ2) is 24.7. The molecule has 7 nitrogen and oxygen atoms in total. The van der Waals surface area contributed by atoms with Crippen LogP contribution in [0.2, 0.25) is 0 Å². The molecule has 0 aliphatic rings. The van der Waals surface area contributed by atoms with Crippen molar-refractivity contribution < 1.29 is 34.2 Å². The van der Waals surface area contributed by atoms with Crippen LogP contribution in [0, 0.1) is 0 Å². The first kappa shape index (κ1) is 39.1. The van der Waals surface area contributed by atoms with E-state index in [-0.39, 0.29) is 25.8 Å². The number of unbranched alkanes of at least 4 members (excludes halogenated alkanes) is 13. The van der Waals surface area contributed by atoms with Gasteiger partial charge in [-0.3, -0.25) is 4.48 Å². The summed E-state index contributed by atoms with van der Waals surface area (Å²) in [6.45, 7) is 8.03. The van der Waals surface area contributed by atoms with Gasteiger partial charge in [0.05, 0.1) is 12.5 Å². The van der Waals surface area contributed by atoms with Crippen molar-refractivity contribution in [2.24, 2.45) is 0 Å². The Hall–Kier alpha value is -1.89. The normalized spacial score (nSPS) is 15.4. The standard InChI is InChI=1S/C34H63NO6/c1-5-9-10-11-12-13-14-15-16-17-18-19-20-21-22-23-24-28-35(29(25-6-2)32(36)37,30(26-7-3)33(38)39)31(27-8-4)34(40)41/h19-20,29-31H,5-18,21-28H2,1-4H3,(H2-,36,37,38,39,40,41)/b20-19+. The predicted octanol–water partition coefficient (Wildman–Crippen LogP) is 7.66. The van der Waals surface area contributed by atoms with Crippen molar-refractivity contribution in [3.8, 4) is 0 Å². The van der Waals surface area contributed by atoms with Crippen LogP contribution in [-0.4, -0.2) is 57.3 Å². The minimum atomic E-state index is -1.34. The molecule has 3 unspecified atom stereocenters. The van der Waals surface area contributed by atoms with Crippen LogP contribution in [0.25, 0.3) is 0 Å². The van der Waals surface area contributed by atoms with Crippen LogP contribution in [0.15, 0.2) is 12.2 Å². The molecule has 0 bridgehead atoms. The summed E-state index contributed by atoms with van der Waals surface area (Å²) in [6.07, 6.45) is 24.3. The highest BCUT2D eigenvalue weighted by Crippen LogP contribution is 2.34. The van der Waals surface area contributed by atoms with Gasteiger partial charge in [-0.2, -0.15) is 0 Å². The Balaban J connectivity index is 5.07. The highest BCUT2D eigenvalue weighted by Gasteiger charge is 2.54. The molecule has 0 saturated heterocycles. The van der Waals surface area contributed by atoms with E-state index < -0.39 is 40.5 Å². The smallest absolute Gasteiger partial charge is 0.362 e. The number of allylic oxidation sites excluding steroid dienone is 2. The van der Waals surface area contributed by atoms with E-state index in [1.807, 2.05) is 20.8 Å². The molecular weight excluding hydrogens is 518 g/mol. The minimum absolute atomic E-state index is 0.199. The third kappa shape index (κ3) is 15.2. The third-order valence-corrected chi connectivity index (χ3v) is 8.58. The van der Waals surface area contributed by atoms with E-state index in [2.05, 4.69) is 19.1 Å². The van der Waals surface area contributed by atoms with E-state index in [0.29, 0.717) is 25.7 Å². The summed E-state index contributed by atoms with van der Waals surface area (Å²) in [5.74, 6) is -3.58. The first-order valence-corrected chi connectivity index (χ1v) is 16.9. The van der Waals surface area contributed by atoms with Gasteiger partial charge < -0.3 is 20.1 Å². The summed E-state index contributed by atoms with van der Waals surface area (Å²) in [4.78, 5) is 37.6. The van der Waals surface area contributed by atoms with Gasteiger partial charge in [0.25, 0.3) is 0 Å². The number of aliphatic carboxylic acids is 3. The van der Waals surface area contributed by atoms with E-state index in [1.165, 1.54) is 64.2 Å². The summed E-state index contributed by atoms with van der Waals surface area (Å²) in [5.41, 5.74) is 0. The summed E-state index contributed by atoms with van der Waals surface area (Å²) in [6, 6.07) is -3.35. The lowest BCUT2D eigenvalue weighted by molar-refractivity contribution is -0.975. The zero-order valence-corrected chi connectivity index (χ0v) is 26.9. The molecule has 0 aromatic heterocycles. The summed E-state index contributed by atoms with van der Waals surface area (Å²) in [5, 5.41) is 33.0. The molecule has 0 rings (SSSR count). The molecule has 3 atom stereocenters. The van der Waals surface area contributed by atoms with E-state index in [1.54, 1.807) is 0 Å². The monoisotopic (exact) mass is 581 g/mol. The van der Waals surface area contributed by atoms with Crippen LogP contribution in [-0.2, 0) is 14.4 Å². The van der Waals surface area contributed by atoms with E-state index >= 15 is 0 Å². The Morgan fingerprint density at radius 2 is 0.927 bits per heavy atom. The van der Waals surface area contributed by atoms with Gasteiger partial charge in [-0.05, 0) is 51.4 Å². The molecule has 0 spiro atoms. The van der Waals surface area contributed by atoms with Gasteiger partial charge >= 0.3 is 11.9 Å². The number of carbonyl (C=O) groups is 3. The van der Waals surface area contributed by atoms with Crippen molar-refractivity contribution in [1.82, 2.24) is 0 Å². The summed E-state index contributed by atoms with van der Waals surface area (Å²) >= 11 is 0. The minimum Gasteiger partial charge on any atom is -0.544 e. The third-order valence-electron chi connectivity index (χ3n) is 8.58. The first-order chi connectivity index (χ1) is 19.7. The quantitative estimate of drug-likeness (QED) is 0.0532. The number of carboxylic acid groups (broad SMARTS) is 3. The Bertz CT molecular complexity index is 662. The number of rotatable bonds is 29. The Morgan fingerprint density at radius 3 is 1.29 bits per heavy atom. The Labute approximate surface area is 251 Å². The van der Waals surface area contributed by atoms with Crippen LogP contribution >= 0.6 is 0 Å². The molecule has 0 aromatic carbocycles. The van der Waals surface area contributed by atoms with Gasteiger partial charge in [0, 0.05) is 19.3 Å². The van der Waals surface area contributed by atoms with E-state index in [0.717, 1.165) is 25.7 Å². The fourth-order valence-corrected chi connectivity index (χ4v) is 6.44. The van der Waals surface area contributed by atoms with Crippen LogP contribution in [0.5, 0.6) is 0 Å². The van der Waals surface area contributed by atoms with Gasteiger partial charge in [0.2, 0.25) is 0 Å². The fourth-order valence-electron chi connectivity index (χ4n) is 6.44. The molecule has 0 amide bonds. The van der Waals surface area contributed by atoms with Crippen LogP contribution in [0.4, 0.5) is 0 Å². The zero-order chi connectivity index (χ0) is 30.9. The van der Waals surface area contributed by atoms with E-state index in [4.69, 9.17) is 0 Å². The lowest BCUT2D eigenvalue weighted by Crippen LogP contribution is -2.74. The average Bonchev–Trinajstić information content (AvgIpc) is 2.93. The average molecular weight is 582 g/mol. The van der Waals surface area contributed by atoms with Crippen molar-refractivity contribution in [1.29, 1.82) is 0 Å². The molecule has 0 saturated carbocycles. The molecule has 2 N–H and O–H groups in total. The molecule has 0 aliphatic carbocycles. The predicted molar refractivity (Wildman–Crippen MR) is 166 cm³/mol. The lowest BCUT2D eigenvalue weighted by Gasteiger charge is -2.52. The first-order valence-electron chi connectivity index (χ1n) is 16.9. The van der Waals surface area contributed by atoms with Crippen LogP contribution in [0.3, 0.4) is 0 Å². The summed E-state index contributed by atoms with van der Waals surface area (Å²) in [7, 11) is 0. The molecule has 0 aliphatic heterocycles. The molecule has 41 heavy (non-hydrogen) atoms. The summed E-state index contributed by atoms with van der Waals surface area (Å²) < 4.78 is -0.447. The maximum Gasteiger partial charge on any atom is 0.362 e. The van der Waals surface area contributed by atoms with Crippen molar-refractivity contribution in [2.75, 3.05) is 6.54 Å². The van der Waals surface area contributed by atoms with Gasteiger partial charge in [-0.25, -0.2) is 9.59 Å². The lowest BCUT2D eigenvalue weighted by atomic mass is 9.91. The Morgan fingerprint density at radius 1 is 0.561 bits per heavy atom. The largest absolute Gasteiger partial charge is 0.544 e. The number of quaternary nitrogens is 1.